The SMILES string of the molecule is CCc1nn(C)c(CC)c1CNC(=O)N[C@@H]1C[C@H]1c1ccc(Cl)c(F)c1. The molecule has 0 aliphatic heterocycles. The number of hydrogen-bond donors (Lipinski definition) is 2. The van der Waals surface area contributed by atoms with Gasteiger partial charge >= 0.3 is 6.03 Å². The summed E-state index contributed by atoms with van der Waals surface area (Å²) in [6.45, 7) is 4.60. The van der Waals surface area contributed by atoms with Crippen LogP contribution in [0.1, 0.15) is 48.7 Å². The van der Waals surface area contributed by atoms with Gasteiger partial charge in [-0.2, -0.15) is 5.10 Å². The fourth-order valence-electron chi connectivity index (χ4n) is 3.45. The van der Waals surface area contributed by atoms with Crippen LogP contribution in [-0.2, 0) is 26.4 Å². The van der Waals surface area contributed by atoms with Crippen molar-refractivity contribution >= 4 is 17.6 Å². The second-order valence-electron chi connectivity index (χ2n) is 6.65. The monoisotopic (exact) mass is 378 g/mol. The second kappa shape index (κ2) is 7.66. The summed E-state index contributed by atoms with van der Waals surface area (Å²) in [6, 6.07) is 4.64. The Morgan fingerprint density at radius 1 is 1.38 bits per heavy atom. The van der Waals surface area contributed by atoms with Crippen molar-refractivity contribution < 1.29 is 9.18 Å². The molecule has 0 saturated heterocycles. The molecule has 1 aromatic heterocycles. The van der Waals surface area contributed by atoms with Crippen LogP contribution in [0.4, 0.5) is 9.18 Å². The second-order valence-corrected chi connectivity index (χ2v) is 7.06. The lowest BCUT2D eigenvalue weighted by atomic mass is 10.1. The van der Waals surface area contributed by atoms with Gasteiger partial charge in [0.25, 0.3) is 0 Å². The zero-order valence-electron chi connectivity index (χ0n) is 15.3. The van der Waals surface area contributed by atoms with Gasteiger partial charge in [-0.15, -0.1) is 0 Å². The van der Waals surface area contributed by atoms with Crippen molar-refractivity contribution in [1.82, 2.24) is 20.4 Å². The van der Waals surface area contributed by atoms with Crippen LogP contribution >= 0.6 is 11.6 Å². The number of nitrogens with zero attached hydrogens (tertiary/aromatic N) is 2. The van der Waals surface area contributed by atoms with Crippen LogP contribution in [0.15, 0.2) is 18.2 Å². The summed E-state index contributed by atoms with van der Waals surface area (Å²) < 4.78 is 15.5. The third kappa shape index (κ3) is 3.85. The van der Waals surface area contributed by atoms with Gasteiger partial charge in [0.15, 0.2) is 0 Å². The van der Waals surface area contributed by atoms with E-state index >= 15 is 0 Å². The Hall–Kier alpha value is -2.08. The van der Waals surface area contributed by atoms with Crippen LogP contribution in [0.25, 0.3) is 0 Å². The maximum absolute atomic E-state index is 13.6. The summed E-state index contributed by atoms with van der Waals surface area (Å²) >= 11 is 5.72. The van der Waals surface area contributed by atoms with E-state index in [1.165, 1.54) is 6.07 Å². The summed E-state index contributed by atoms with van der Waals surface area (Å²) in [7, 11) is 1.93. The van der Waals surface area contributed by atoms with Gasteiger partial charge in [0.2, 0.25) is 0 Å². The Kier molecular flexibility index (Phi) is 5.51. The topological polar surface area (TPSA) is 59.0 Å². The van der Waals surface area contributed by atoms with E-state index in [0.29, 0.717) is 6.54 Å². The number of benzene rings is 1. The van der Waals surface area contributed by atoms with Crippen molar-refractivity contribution in [3.63, 3.8) is 0 Å². The number of carbonyl (C=O) groups is 1. The molecule has 26 heavy (non-hydrogen) atoms. The molecule has 1 aliphatic rings. The fraction of sp³-hybridized carbons (Fsp3) is 0.474. The van der Waals surface area contributed by atoms with Crippen LogP contribution in [-0.4, -0.2) is 21.9 Å². The summed E-state index contributed by atoms with van der Waals surface area (Å²) in [5, 5.41) is 10.5. The minimum Gasteiger partial charge on any atom is -0.335 e. The van der Waals surface area contributed by atoms with Crippen molar-refractivity contribution in [2.45, 2.75) is 51.6 Å². The van der Waals surface area contributed by atoms with Crippen molar-refractivity contribution in [2.75, 3.05) is 0 Å². The highest BCUT2D eigenvalue weighted by Gasteiger charge is 2.39. The normalized spacial score (nSPS) is 18.7. The van der Waals surface area contributed by atoms with Crippen LogP contribution in [0.5, 0.6) is 0 Å². The highest BCUT2D eigenvalue weighted by molar-refractivity contribution is 6.30. The first-order valence-corrected chi connectivity index (χ1v) is 9.35. The fourth-order valence-corrected chi connectivity index (χ4v) is 3.57. The first-order valence-electron chi connectivity index (χ1n) is 8.97. The molecule has 5 nitrogen and oxygen atoms in total. The lowest BCUT2D eigenvalue weighted by Gasteiger charge is -2.09. The molecule has 1 fully saturated rings. The minimum atomic E-state index is -0.421. The molecule has 0 spiro atoms. The zero-order chi connectivity index (χ0) is 18.8. The molecule has 0 radical (unpaired) electrons. The number of aromatic nitrogens is 2. The van der Waals surface area contributed by atoms with E-state index in [0.717, 1.165) is 41.8 Å². The van der Waals surface area contributed by atoms with Gasteiger partial charge in [0.1, 0.15) is 5.82 Å². The lowest BCUT2D eigenvalue weighted by molar-refractivity contribution is 0.240. The minimum absolute atomic E-state index is 0.0285. The average Bonchev–Trinajstić information content (AvgIpc) is 3.30. The predicted octanol–water partition coefficient (Wildman–Crippen LogP) is 3.69. The molecule has 1 aliphatic carbocycles. The first kappa shape index (κ1) is 18.7. The van der Waals surface area contributed by atoms with E-state index in [4.69, 9.17) is 11.6 Å². The average molecular weight is 379 g/mol. The number of carbonyl (C=O) groups excluding carboxylic acids is 1. The van der Waals surface area contributed by atoms with Gasteiger partial charge in [-0.25, -0.2) is 9.18 Å². The third-order valence-electron chi connectivity index (χ3n) is 4.93. The van der Waals surface area contributed by atoms with E-state index in [1.54, 1.807) is 6.07 Å². The molecule has 140 valence electrons. The summed E-state index contributed by atoms with van der Waals surface area (Å²) in [5.41, 5.74) is 4.12. The van der Waals surface area contributed by atoms with Gasteiger partial charge in [-0.05, 0) is 37.0 Å². The molecule has 2 atom stereocenters. The Balaban J connectivity index is 1.55. The van der Waals surface area contributed by atoms with Crippen molar-refractivity contribution in [1.29, 1.82) is 0 Å². The Morgan fingerprint density at radius 2 is 2.15 bits per heavy atom. The number of nitrogens with one attached hydrogen (secondary N) is 2. The van der Waals surface area contributed by atoms with Gasteiger partial charge in [-0.3, -0.25) is 4.68 Å². The highest BCUT2D eigenvalue weighted by Crippen LogP contribution is 2.41. The standard InChI is InChI=1S/C19H24ClFN4O/c1-4-16-13(18(5-2)25(3)24-16)10-22-19(26)23-17-9-12(17)11-6-7-14(20)15(21)8-11/h6-8,12,17H,4-5,9-10H2,1-3H3,(H2,22,23,26)/t12-,17+/m0/s1. The number of hydrogen-bond acceptors (Lipinski definition) is 2. The highest BCUT2D eigenvalue weighted by atomic mass is 35.5. The number of amides is 2. The molecule has 3 rings (SSSR count). The van der Waals surface area contributed by atoms with Crippen molar-refractivity contribution in [2.24, 2.45) is 7.05 Å². The lowest BCUT2D eigenvalue weighted by Crippen LogP contribution is -2.37. The Morgan fingerprint density at radius 3 is 2.81 bits per heavy atom. The number of rotatable bonds is 6. The summed E-state index contributed by atoms with van der Waals surface area (Å²) in [6.07, 6.45) is 2.51. The Labute approximate surface area is 157 Å². The maximum Gasteiger partial charge on any atom is 0.315 e. The Bertz CT molecular complexity index is 820. The molecule has 2 N–H and O–H groups in total. The predicted molar refractivity (Wildman–Crippen MR) is 99.9 cm³/mol. The first-order chi connectivity index (χ1) is 12.4. The van der Waals surface area contributed by atoms with E-state index in [2.05, 4.69) is 29.6 Å². The quantitative estimate of drug-likeness (QED) is 0.805. The van der Waals surface area contributed by atoms with Crippen molar-refractivity contribution in [3.8, 4) is 0 Å². The zero-order valence-corrected chi connectivity index (χ0v) is 16.0. The molecule has 2 aromatic rings. The van der Waals surface area contributed by atoms with Crippen LogP contribution in [0.3, 0.4) is 0 Å². The number of aryl methyl sites for hydroxylation is 2. The van der Waals surface area contributed by atoms with Crippen LogP contribution < -0.4 is 10.6 Å². The van der Waals surface area contributed by atoms with Crippen molar-refractivity contribution in [3.05, 3.63) is 51.6 Å². The van der Waals surface area contributed by atoms with E-state index in [9.17, 15) is 9.18 Å². The van der Waals surface area contributed by atoms with Gasteiger partial charge in [0.05, 0.1) is 10.7 Å². The van der Waals surface area contributed by atoms with Gasteiger partial charge < -0.3 is 10.6 Å². The molecule has 1 aromatic carbocycles. The van der Waals surface area contributed by atoms with E-state index < -0.39 is 5.82 Å². The van der Waals surface area contributed by atoms with E-state index in [-0.39, 0.29) is 23.0 Å². The molecule has 1 heterocycles. The molecule has 7 heteroatoms. The van der Waals surface area contributed by atoms with Crippen LogP contribution in [0, 0.1) is 5.82 Å². The third-order valence-corrected chi connectivity index (χ3v) is 5.24. The molecular weight excluding hydrogens is 355 g/mol. The molecule has 2 amide bonds. The molecule has 0 unspecified atom stereocenters. The van der Waals surface area contributed by atoms with Crippen LogP contribution in [0.2, 0.25) is 5.02 Å². The van der Waals surface area contributed by atoms with Gasteiger partial charge in [0, 0.05) is 36.8 Å². The maximum atomic E-state index is 13.6. The number of halogens is 2. The smallest absolute Gasteiger partial charge is 0.315 e. The van der Waals surface area contributed by atoms with Gasteiger partial charge in [-0.1, -0.05) is 31.5 Å². The molecule has 1 saturated carbocycles. The summed E-state index contributed by atoms with van der Waals surface area (Å²) in [4.78, 5) is 12.2. The molecule has 0 bridgehead atoms. The number of urea groups is 1. The summed E-state index contributed by atoms with van der Waals surface area (Å²) in [5.74, 6) is -0.279. The largest absolute Gasteiger partial charge is 0.335 e. The molecular formula is C19H24ClFN4O. The van der Waals surface area contributed by atoms with E-state index in [1.807, 2.05) is 17.8 Å².